The summed E-state index contributed by atoms with van der Waals surface area (Å²) in [5, 5.41) is 9.80. The van der Waals surface area contributed by atoms with E-state index in [1.807, 2.05) is 24.5 Å². The molecule has 3 heteroatoms. The molecule has 0 saturated heterocycles. The summed E-state index contributed by atoms with van der Waals surface area (Å²) in [5.74, 6) is 1.11. The minimum atomic E-state index is 0.146. The van der Waals surface area contributed by atoms with Crippen molar-refractivity contribution in [3.05, 3.63) is 78.1 Å². The minimum absolute atomic E-state index is 0.146. The first-order chi connectivity index (χ1) is 12.7. The van der Waals surface area contributed by atoms with Crippen molar-refractivity contribution in [3.63, 3.8) is 0 Å². The minimum Gasteiger partial charge on any atom is -0.504 e. The van der Waals surface area contributed by atoms with Crippen molar-refractivity contribution in [2.75, 3.05) is 7.11 Å². The Kier molecular flexibility index (Phi) is 5.90. The lowest BCUT2D eigenvalue weighted by molar-refractivity contribution is 0.373. The predicted molar refractivity (Wildman–Crippen MR) is 106 cm³/mol. The summed E-state index contributed by atoms with van der Waals surface area (Å²) in [7, 11) is 1.56. The van der Waals surface area contributed by atoms with Gasteiger partial charge < -0.3 is 9.84 Å². The molecule has 3 aromatic rings. The van der Waals surface area contributed by atoms with E-state index in [1.165, 1.54) is 11.1 Å². The first-order valence-electron chi connectivity index (χ1n) is 9.07. The average molecular weight is 347 g/mol. The smallest absolute Gasteiger partial charge is 0.161 e. The monoisotopic (exact) mass is 347 g/mol. The topological polar surface area (TPSA) is 42.4 Å². The first kappa shape index (κ1) is 18.0. The lowest BCUT2D eigenvalue weighted by atomic mass is 9.88. The zero-order chi connectivity index (χ0) is 18.4. The Balaban J connectivity index is 1.86. The number of nitrogens with zero attached hydrogens (tertiary/aromatic N) is 1. The molecule has 0 fully saturated rings. The Morgan fingerprint density at radius 3 is 2.54 bits per heavy atom. The molecule has 3 nitrogen and oxygen atoms in total. The Morgan fingerprint density at radius 2 is 1.81 bits per heavy atom. The van der Waals surface area contributed by atoms with Gasteiger partial charge in [0.15, 0.2) is 11.5 Å². The number of aromatic hydroxyl groups is 1. The molecule has 1 aromatic heterocycles. The summed E-state index contributed by atoms with van der Waals surface area (Å²) in [5.41, 5.74) is 4.62. The highest BCUT2D eigenvalue weighted by molar-refractivity contribution is 5.66. The van der Waals surface area contributed by atoms with Gasteiger partial charge in [-0.05, 0) is 53.6 Å². The fraction of sp³-hybridized carbons (Fsp3) is 0.261. The number of rotatable bonds is 7. The van der Waals surface area contributed by atoms with Crippen LogP contribution in [0.25, 0.3) is 11.1 Å². The summed E-state index contributed by atoms with van der Waals surface area (Å²) in [6, 6.07) is 18.3. The Hall–Kier alpha value is -2.81. The summed E-state index contributed by atoms with van der Waals surface area (Å²) < 4.78 is 5.22. The number of aromatic nitrogens is 1. The second-order valence-corrected chi connectivity index (χ2v) is 6.57. The standard InChI is InChI=1S/C23H25NO2/c1-3-7-19(18-8-5-4-6-9-18)12-17-13-21(16-24-15-17)20-10-11-22(25)23(14-20)26-2/h4-6,8-11,13-16,19,25H,3,7,12H2,1-2H3. The fourth-order valence-corrected chi connectivity index (χ4v) is 3.36. The third-order valence-corrected chi connectivity index (χ3v) is 4.70. The summed E-state index contributed by atoms with van der Waals surface area (Å²) in [4.78, 5) is 4.44. The molecule has 1 heterocycles. The number of phenolic OH excluding ortho intramolecular Hbond substituents is 1. The molecule has 2 aromatic carbocycles. The molecule has 1 atom stereocenters. The maximum Gasteiger partial charge on any atom is 0.161 e. The quantitative estimate of drug-likeness (QED) is 0.606. The molecule has 0 radical (unpaired) electrons. The molecular weight excluding hydrogens is 322 g/mol. The molecule has 26 heavy (non-hydrogen) atoms. The van der Waals surface area contributed by atoms with Gasteiger partial charge in [0.2, 0.25) is 0 Å². The van der Waals surface area contributed by atoms with Crippen LogP contribution in [0.1, 0.15) is 36.8 Å². The molecule has 3 rings (SSSR count). The Morgan fingerprint density at radius 1 is 1.00 bits per heavy atom. The fourth-order valence-electron chi connectivity index (χ4n) is 3.36. The first-order valence-corrected chi connectivity index (χ1v) is 9.07. The molecule has 1 N–H and O–H groups in total. The van der Waals surface area contributed by atoms with E-state index in [9.17, 15) is 5.11 Å². The van der Waals surface area contributed by atoms with Crippen LogP contribution in [0, 0.1) is 0 Å². The van der Waals surface area contributed by atoms with Gasteiger partial charge >= 0.3 is 0 Å². The van der Waals surface area contributed by atoms with E-state index < -0.39 is 0 Å². The van der Waals surface area contributed by atoms with Crippen LogP contribution < -0.4 is 4.74 Å². The van der Waals surface area contributed by atoms with Crippen LogP contribution in [0.2, 0.25) is 0 Å². The van der Waals surface area contributed by atoms with Crippen LogP contribution in [0.5, 0.6) is 11.5 Å². The maximum absolute atomic E-state index is 9.80. The van der Waals surface area contributed by atoms with Crippen molar-refractivity contribution in [1.29, 1.82) is 0 Å². The highest BCUT2D eigenvalue weighted by Crippen LogP contribution is 2.32. The molecule has 0 saturated carbocycles. The number of pyridine rings is 1. The average Bonchev–Trinajstić information content (AvgIpc) is 2.69. The van der Waals surface area contributed by atoms with Gasteiger partial charge in [-0.15, -0.1) is 0 Å². The van der Waals surface area contributed by atoms with Crippen LogP contribution >= 0.6 is 0 Å². The molecule has 0 aliphatic carbocycles. The van der Waals surface area contributed by atoms with E-state index in [0.29, 0.717) is 11.7 Å². The van der Waals surface area contributed by atoms with Gasteiger partial charge in [-0.1, -0.05) is 49.7 Å². The van der Waals surface area contributed by atoms with E-state index in [1.54, 1.807) is 13.2 Å². The van der Waals surface area contributed by atoms with E-state index >= 15 is 0 Å². The van der Waals surface area contributed by atoms with Crippen molar-refractivity contribution >= 4 is 0 Å². The van der Waals surface area contributed by atoms with Gasteiger partial charge in [0, 0.05) is 18.0 Å². The second kappa shape index (κ2) is 8.52. The molecule has 0 spiro atoms. The molecule has 0 bridgehead atoms. The van der Waals surface area contributed by atoms with Crippen LogP contribution in [0.15, 0.2) is 67.0 Å². The maximum atomic E-state index is 9.80. The summed E-state index contributed by atoms with van der Waals surface area (Å²) >= 11 is 0. The number of phenols is 1. The largest absolute Gasteiger partial charge is 0.504 e. The van der Waals surface area contributed by atoms with E-state index in [0.717, 1.165) is 30.4 Å². The van der Waals surface area contributed by atoms with Crippen molar-refractivity contribution in [1.82, 2.24) is 4.98 Å². The predicted octanol–water partition coefficient (Wildman–Crippen LogP) is 5.59. The molecular formula is C23H25NO2. The van der Waals surface area contributed by atoms with Crippen LogP contribution in [-0.2, 0) is 6.42 Å². The Bertz CT molecular complexity index is 846. The van der Waals surface area contributed by atoms with Crippen molar-refractivity contribution in [2.45, 2.75) is 32.1 Å². The molecule has 0 aliphatic rings. The lowest BCUT2D eigenvalue weighted by Gasteiger charge is -2.17. The highest BCUT2D eigenvalue weighted by atomic mass is 16.5. The normalized spacial score (nSPS) is 11.9. The summed E-state index contributed by atoms with van der Waals surface area (Å²) in [6.07, 6.45) is 7.08. The number of ether oxygens (including phenoxy) is 1. The highest BCUT2D eigenvalue weighted by Gasteiger charge is 2.13. The van der Waals surface area contributed by atoms with Crippen molar-refractivity contribution in [3.8, 4) is 22.6 Å². The number of hydrogen-bond acceptors (Lipinski definition) is 3. The third-order valence-electron chi connectivity index (χ3n) is 4.70. The molecule has 1 unspecified atom stereocenters. The van der Waals surface area contributed by atoms with E-state index in [4.69, 9.17) is 4.74 Å². The number of hydrogen-bond donors (Lipinski definition) is 1. The molecule has 0 aliphatic heterocycles. The number of methoxy groups -OCH3 is 1. The second-order valence-electron chi connectivity index (χ2n) is 6.57. The number of benzene rings is 2. The summed E-state index contributed by atoms with van der Waals surface area (Å²) in [6.45, 7) is 2.23. The van der Waals surface area contributed by atoms with Gasteiger partial charge in [-0.25, -0.2) is 0 Å². The van der Waals surface area contributed by atoms with Gasteiger partial charge in [-0.3, -0.25) is 4.98 Å². The lowest BCUT2D eigenvalue weighted by Crippen LogP contribution is -2.03. The van der Waals surface area contributed by atoms with E-state index in [-0.39, 0.29) is 5.75 Å². The third kappa shape index (κ3) is 4.23. The van der Waals surface area contributed by atoms with Crippen molar-refractivity contribution in [2.24, 2.45) is 0 Å². The van der Waals surface area contributed by atoms with Gasteiger partial charge in [-0.2, -0.15) is 0 Å². The Labute approximate surface area is 155 Å². The zero-order valence-corrected chi connectivity index (χ0v) is 15.4. The molecule has 0 amide bonds. The van der Waals surface area contributed by atoms with E-state index in [2.05, 4.69) is 48.3 Å². The van der Waals surface area contributed by atoms with Crippen LogP contribution in [0.3, 0.4) is 0 Å². The zero-order valence-electron chi connectivity index (χ0n) is 15.4. The SMILES string of the molecule is CCCC(Cc1cncc(-c2ccc(O)c(OC)c2)c1)c1ccccc1. The van der Waals surface area contributed by atoms with Gasteiger partial charge in [0.1, 0.15) is 0 Å². The molecule has 134 valence electrons. The van der Waals surface area contributed by atoms with Crippen molar-refractivity contribution < 1.29 is 9.84 Å². The van der Waals surface area contributed by atoms with Gasteiger partial charge in [0.25, 0.3) is 0 Å². The van der Waals surface area contributed by atoms with Crippen LogP contribution in [-0.4, -0.2) is 17.2 Å². The van der Waals surface area contributed by atoms with Gasteiger partial charge in [0.05, 0.1) is 7.11 Å². The van der Waals surface area contributed by atoms with Crippen LogP contribution in [0.4, 0.5) is 0 Å².